The predicted molar refractivity (Wildman–Crippen MR) is 289 cm³/mol. The molecule has 0 aromatic heterocycles. The van der Waals surface area contributed by atoms with E-state index < -0.39 is 6.10 Å². The van der Waals surface area contributed by atoms with Gasteiger partial charge in [0.05, 0.1) is 0 Å². The van der Waals surface area contributed by atoms with E-state index in [1.165, 1.54) is 218 Å². The lowest BCUT2D eigenvalue weighted by Gasteiger charge is -2.18. The summed E-state index contributed by atoms with van der Waals surface area (Å²) >= 11 is 0. The molecule has 0 saturated heterocycles. The van der Waals surface area contributed by atoms with Crippen molar-refractivity contribution in [3.63, 3.8) is 0 Å². The molecule has 0 aliphatic carbocycles. The molecule has 0 aliphatic heterocycles. The van der Waals surface area contributed by atoms with Crippen LogP contribution in [0.1, 0.15) is 337 Å². The van der Waals surface area contributed by atoms with Gasteiger partial charge in [-0.3, -0.25) is 14.4 Å². The van der Waals surface area contributed by atoms with Crippen LogP contribution in [0, 0.1) is 17.8 Å². The van der Waals surface area contributed by atoms with Crippen molar-refractivity contribution >= 4 is 17.9 Å². The van der Waals surface area contributed by atoms with Crippen molar-refractivity contribution in [1.29, 1.82) is 0 Å². The molecule has 0 aromatic rings. The molecule has 0 rings (SSSR count). The molecule has 0 aliphatic rings. The number of hydrogen-bond acceptors (Lipinski definition) is 6. The van der Waals surface area contributed by atoms with Crippen LogP contribution in [0.4, 0.5) is 0 Å². The van der Waals surface area contributed by atoms with E-state index in [0.29, 0.717) is 19.3 Å². The van der Waals surface area contributed by atoms with Gasteiger partial charge in [-0.2, -0.15) is 0 Å². The van der Waals surface area contributed by atoms with Crippen molar-refractivity contribution in [2.45, 2.75) is 343 Å². The van der Waals surface area contributed by atoms with Crippen molar-refractivity contribution in [3.8, 4) is 0 Å². The van der Waals surface area contributed by atoms with E-state index in [1.54, 1.807) is 0 Å². The highest BCUT2D eigenvalue weighted by molar-refractivity contribution is 5.71. The molecule has 1 unspecified atom stereocenters. The van der Waals surface area contributed by atoms with Crippen LogP contribution in [0.3, 0.4) is 0 Å². The first-order valence-electron chi connectivity index (χ1n) is 30.1. The smallest absolute Gasteiger partial charge is 0.306 e. The highest BCUT2D eigenvalue weighted by atomic mass is 16.6. The normalized spacial score (nSPS) is 12.5. The standard InChI is InChI=1S/C61H118O6/c1-7-57(6)49-43-37-31-25-19-13-9-11-14-20-26-32-38-44-50-59(62)65-53-58(54-66-60(63)51-45-39-33-27-22-16-18-24-30-36-42-48-56(4)5)67-61(64)52-46-40-34-28-21-15-10-8-12-17-23-29-35-41-47-55(2)3/h55-58H,7-54H2,1-6H3/t57?,58-/m1/s1. The van der Waals surface area contributed by atoms with Crippen molar-refractivity contribution in [3.05, 3.63) is 0 Å². The van der Waals surface area contributed by atoms with E-state index in [1.807, 2.05) is 0 Å². The minimum atomic E-state index is -0.764. The maximum Gasteiger partial charge on any atom is 0.306 e. The van der Waals surface area contributed by atoms with E-state index >= 15 is 0 Å². The summed E-state index contributed by atoms with van der Waals surface area (Å²) in [7, 11) is 0. The van der Waals surface area contributed by atoms with Gasteiger partial charge in [-0.05, 0) is 37.0 Å². The Kier molecular flexibility index (Phi) is 51.0. The average molecular weight is 948 g/mol. The molecule has 0 saturated carbocycles. The average Bonchev–Trinajstić information content (AvgIpc) is 3.30. The maximum atomic E-state index is 12.9. The third-order valence-electron chi connectivity index (χ3n) is 14.3. The second-order valence-corrected chi connectivity index (χ2v) is 22.2. The molecule has 67 heavy (non-hydrogen) atoms. The van der Waals surface area contributed by atoms with Gasteiger partial charge < -0.3 is 14.2 Å². The van der Waals surface area contributed by atoms with E-state index in [0.717, 1.165) is 75.5 Å². The number of unbranched alkanes of at least 4 members (excludes halogenated alkanes) is 36. The molecule has 2 atom stereocenters. The van der Waals surface area contributed by atoms with Crippen LogP contribution in [-0.4, -0.2) is 37.2 Å². The van der Waals surface area contributed by atoms with E-state index in [-0.39, 0.29) is 31.1 Å². The molecule has 0 fully saturated rings. The van der Waals surface area contributed by atoms with Crippen molar-refractivity contribution < 1.29 is 28.6 Å². The van der Waals surface area contributed by atoms with Crippen LogP contribution < -0.4 is 0 Å². The Morgan fingerprint density at radius 2 is 0.522 bits per heavy atom. The topological polar surface area (TPSA) is 78.9 Å². The Bertz CT molecular complexity index is 1040. The summed E-state index contributed by atoms with van der Waals surface area (Å²) in [5.41, 5.74) is 0. The molecular formula is C61H118O6. The Balaban J connectivity index is 4.30. The third-order valence-corrected chi connectivity index (χ3v) is 14.3. The summed E-state index contributed by atoms with van der Waals surface area (Å²) < 4.78 is 16.9. The van der Waals surface area contributed by atoms with Crippen molar-refractivity contribution in [1.82, 2.24) is 0 Å². The Hall–Kier alpha value is -1.59. The van der Waals surface area contributed by atoms with Gasteiger partial charge in [-0.15, -0.1) is 0 Å². The van der Waals surface area contributed by atoms with E-state index in [9.17, 15) is 14.4 Å². The molecule has 6 nitrogen and oxygen atoms in total. The maximum absolute atomic E-state index is 12.9. The molecule has 398 valence electrons. The lowest BCUT2D eigenvalue weighted by molar-refractivity contribution is -0.167. The van der Waals surface area contributed by atoms with Gasteiger partial charge in [-0.1, -0.05) is 298 Å². The SMILES string of the molecule is CCC(C)CCCCCCCCCCCCCCCCC(=O)OC[C@H](COC(=O)CCCCCCCCCCCCCC(C)C)OC(=O)CCCCCCCCCCCCCCCCC(C)C. The second kappa shape index (κ2) is 52.2. The molecule has 6 heteroatoms. The highest BCUT2D eigenvalue weighted by Gasteiger charge is 2.19. The number of hydrogen-bond donors (Lipinski definition) is 0. The van der Waals surface area contributed by atoms with Gasteiger partial charge >= 0.3 is 17.9 Å². The van der Waals surface area contributed by atoms with Crippen LogP contribution in [0.25, 0.3) is 0 Å². The van der Waals surface area contributed by atoms with Crippen LogP contribution >= 0.6 is 0 Å². The minimum Gasteiger partial charge on any atom is -0.462 e. The number of carbonyl (C=O) groups is 3. The second-order valence-electron chi connectivity index (χ2n) is 22.2. The largest absolute Gasteiger partial charge is 0.462 e. The fourth-order valence-corrected chi connectivity index (χ4v) is 9.32. The van der Waals surface area contributed by atoms with Gasteiger partial charge in [0.15, 0.2) is 6.10 Å². The molecule has 0 radical (unpaired) electrons. The molecule has 0 spiro atoms. The Morgan fingerprint density at radius 3 is 0.776 bits per heavy atom. The summed E-state index contributed by atoms with van der Waals surface area (Å²) in [6.45, 7) is 13.8. The Morgan fingerprint density at radius 1 is 0.299 bits per heavy atom. The minimum absolute atomic E-state index is 0.0632. The first kappa shape index (κ1) is 65.4. The first-order valence-corrected chi connectivity index (χ1v) is 30.1. The Labute approximate surface area is 418 Å². The zero-order valence-corrected chi connectivity index (χ0v) is 46.2. The van der Waals surface area contributed by atoms with E-state index in [2.05, 4.69) is 41.5 Å². The predicted octanol–water partition coefficient (Wildman–Crippen LogP) is 19.9. The van der Waals surface area contributed by atoms with Crippen LogP contribution in [0.5, 0.6) is 0 Å². The van der Waals surface area contributed by atoms with E-state index in [4.69, 9.17) is 14.2 Å². The highest BCUT2D eigenvalue weighted by Crippen LogP contribution is 2.19. The monoisotopic (exact) mass is 947 g/mol. The molecule has 0 N–H and O–H groups in total. The fourth-order valence-electron chi connectivity index (χ4n) is 9.32. The molecule has 0 amide bonds. The lowest BCUT2D eigenvalue weighted by atomic mass is 9.99. The van der Waals surface area contributed by atoms with Gasteiger partial charge in [0, 0.05) is 19.3 Å². The van der Waals surface area contributed by atoms with Gasteiger partial charge in [-0.25, -0.2) is 0 Å². The number of ether oxygens (including phenoxy) is 3. The van der Waals surface area contributed by atoms with Gasteiger partial charge in [0.2, 0.25) is 0 Å². The van der Waals surface area contributed by atoms with Gasteiger partial charge in [0.1, 0.15) is 13.2 Å². The molecule has 0 aromatic carbocycles. The summed E-state index contributed by atoms with van der Waals surface area (Å²) in [6.07, 6.45) is 55.2. The summed E-state index contributed by atoms with van der Waals surface area (Å²) in [6, 6.07) is 0. The quantitative estimate of drug-likeness (QED) is 0.0343. The van der Waals surface area contributed by atoms with Crippen LogP contribution in [0.15, 0.2) is 0 Å². The summed E-state index contributed by atoms with van der Waals surface area (Å²) in [4.78, 5) is 38.2. The number of carbonyl (C=O) groups excluding carboxylic acids is 3. The zero-order chi connectivity index (χ0) is 49.1. The summed E-state index contributed by atoms with van der Waals surface area (Å²) in [5, 5.41) is 0. The zero-order valence-electron chi connectivity index (χ0n) is 46.2. The molecular weight excluding hydrogens is 829 g/mol. The van der Waals surface area contributed by atoms with Gasteiger partial charge in [0.25, 0.3) is 0 Å². The van der Waals surface area contributed by atoms with Crippen molar-refractivity contribution in [2.75, 3.05) is 13.2 Å². The third kappa shape index (κ3) is 53.6. The fraction of sp³-hybridized carbons (Fsp3) is 0.951. The lowest BCUT2D eigenvalue weighted by Crippen LogP contribution is -2.30. The first-order chi connectivity index (χ1) is 32.6. The molecule has 0 bridgehead atoms. The van der Waals surface area contributed by atoms with Crippen molar-refractivity contribution in [2.24, 2.45) is 17.8 Å². The molecule has 0 heterocycles. The summed E-state index contributed by atoms with van der Waals surface area (Å²) in [5.74, 6) is 1.73. The van der Waals surface area contributed by atoms with Crippen LogP contribution in [-0.2, 0) is 28.6 Å². The van der Waals surface area contributed by atoms with Crippen LogP contribution in [0.2, 0.25) is 0 Å². The number of rotatable bonds is 54. The number of esters is 3.